The Morgan fingerprint density at radius 1 is 1.14 bits per heavy atom. The van der Waals surface area contributed by atoms with Crippen LogP contribution in [0, 0.1) is 23.7 Å². The maximum absolute atomic E-state index is 10.2. The minimum atomic E-state index is -0.0646. The van der Waals surface area contributed by atoms with E-state index in [4.69, 9.17) is 0 Å². The molecule has 0 radical (unpaired) electrons. The van der Waals surface area contributed by atoms with Crippen molar-refractivity contribution in [3.05, 3.63) is 0 Å². The van der Waals surface area contributed by atoms with Crippen LogP contribution in [0.1, 0.15) is 53.4 Å². The van der Waals surface area contributed by atoms with Gasteiger partial charge in [-0.2, -0.15) is 0 Å². The summed E-state index contributed by atoms with van der Waals surface area (Å²) in [6.45, 7) is 9.00. The topological polar surface area (TPSA) is 20.2 Å². The molecule has 0 aromatic carbocycles. The van der Waals surface area contributed by atoms with Crippen molar-refractivity contribution in [2.75, 3.05) is 0 Å². The van der Waals surface area contributed by atoms with Gasteiger partial charge >= 0.3 is 0 Å². The highest BCUT2D eigenvalue weighted by molar-refractivity contribution is 4.81. The highest BCUT2D eigenvalue weighted by Crippen LogP contribution is 2.36. The lowest BCUT2D eigenvalue weighted by molar-refractivity contribution is 0.0173. The summed E-state index contributed by atoms with van der Waals surface area (Å²) in [7, 11) is 0. The molecule has 84 valence electrons. The number of aliphatic hydroxyl groups excluding tert-OH is 1. The Hall–Kier alpha value is -0.0400. The predicted octanol–water partition coefficient (Wildman–Crippen LogP) is 3.47. The van der Waals surface area contributed by atoms with E-state index in [1.54, 1.807) is 0 Å². The molecule has 1 aliphatic carbocycles. The largest absolute Gasteiger partial charge is 0.393 e. The van der Waals surface area contributed by atoms with Crippen molar-refractivity contribution in [1.29, 1.82) is 0 Å². The summed E-state index contributed by atoms with van der Waals surface area (Å²) in [5, 5.41) is 10.2. The van der Waals surface area contributed by atoms with Crippen molar-refractivity contribution in [2.45, 2.75) is 59.5 Å². The second-order valence-electron chi connectivity index (χ2n) is 5.55. The highest BCUT2D eigenvalue weighted by Gasteiger charge is 2.30. The second kappa shape index (κ2) is 5.16. The molecule has 1 N–H and O–H groups in total. The van der Waals surface area contributed by atoms with E-state index in [9.17, 15) is 5.11 Å². The summed E-state index contributed by atoms with van der Waals surface area (Å²) in [6.07, 6.45) is 4.85. The first-order valence-electron chi connectivity index (χ1n) is 6.22. The van der Waals surface area contributed by atoms with Crippen LogP contribution in [-0.4, -0.2) is 11.2 Å². The van der Waals surface area contributed by atoms with E-state index in [-0.39, 0.29) is 6.10 Å². The quantitative estimate of drug-likeness (QED) is 0.736. The molecule has 0 bridgehead atoms. The van der Waals surface area contributed by atoms with Crippen molar-refractivity contribution in [2.24, 2.45) is 23.7 Å². The summed E-state index contributed by atoms with van der Waals surface area (Å²) in [6, 6.07) is 0. The molecule has 1 fully saturated rings. The summed E-state index contributed by atoms with van der Waals surface area (Å²) >= 11 is 0. The Kier molecular flexibility index (Phi) is 4.43. The van der Waals surface area contributed by atoms with Gasteiger partial charge in [-0.1, -0.05) is 34.1 Å². The van der Waals surface area contributed by atoms with Gasteiger partial charge in [-0.25, -0.2) is 0 Å². The van der Waals surface area contributed by atoms with Crippen LogP contribution in [0.15, 0.2) is 0 Å². The van der Waals surface area contributed by atoms with Gasteiger partial charge in [0.2, 0.25) is 0 Å². The first-order valence-corrected chi connectivity index (χ1v) is 6.22. The third-order valence-corrected chi connectivity index (χ3v) is 3.92. The van der Waals surface area contributed by atoms with E-state index < -0.39 is 0 Å². The lowest BCUT2D eigenvalue weighted by Gasteiger charge is -2.36. The van der Waals surface area contributed by atoms with Crippen molar-refractivity contribution in [1.82, 2.24) is 0 Å². The zero-order valence-electron chi connectivity index (χ0n) is 10.2. The maximum Gasteiger partial charge on any atom is 0.0594 e. The van der Waals surface area contributed by atoms with Crippen LogP contribution in [-0.2, 0) is 0 Å². The number of hydrogen-bond donors (Lipinski definition) is 1. The van der Waals surface area contributed by atoms with Gasteiger partial charge in [0, 0.05) is 0 Å². The lowest BCUT2D eigenvalue weighted by Crippen LogP contribution is -2.33. The minimum Gasteiger partial charge on any atom is -0.393 e. The van der Waals surface area contributed by atoms with Crippen LogP contribution in [0.4, 0.5) is 0 Å². The summed E-state index contributed by atoms with van der Waals surface area (Å²) < 4.78 is 0. The van der Waals surface area contributed by atoms with Crippen LogP contribution in [0.5, 0.6) is 0 Å². The SMILES string of the molecule is CCC(C)C(O)C1CC(C)CC(C)C1. The van der Waals surface area contributed by atoms with E-state index in [0.29, 0.717) is 11.8 Å². The van der Waals surface area contributed by atoms with Gasteiger partial charge in [0.05, 0.1) is 6.10 Å². The van der Waals surface area contributed by atoms with E-state index in [1.165, 1.54) is 19.3 Å². The summed E-state index contributed by atoms with van der Waals surface area (Å²) in [5.41, 5.74) is 0. The molecular formula is C13H26O. The Morgan fingerprint density at radius 3 is 2.07 bits per heavy atom. The lowest BCUT2D eigenvalue weighted by atomic mass is 9.72. The molecule has 1 heteroatoms. The van der Waals surface area contributed by atoms with Gasteiger partial charge in [-0.05, 0) is 42.9 Å². The average molecular weight is 198 g/mol. The van der Waals surface area contributed by atoms with Crippen LogP contribution >= 0.6 is 0 Å². The van der Waals surface area contributed by atoms with Crippen molar-refractivity contribution in [3.8, 4) is 0 Å². The zero-order valence-corrected chi connectivity index (χ0v) is 10.2. The van der Waals surface area contributed by atoms with Crippen molar-refractivity contribution < 1.29 is 5.11 Å². The first kappa shape index (κ1) is 12.0. The molecule has 14 heavy (non-hydrogen) atoms. The van der Waals surface area contributed by atoms with Gasteiger partial charge in [0.1, 0.15) is 0 Å². The van der Waals surface area contributed by atoms with Crippen molar-refractivity contribution >= 4 is 0 Å². The standard InChI is InChI=1S/C13H26O/c1-5-11(4)13(14)12-7-9(2)6-10(3)8-12/h9-14H,5-8H2,1-4H3. The second-order valence-corrected chi connectivity index (χ2v) is 5.55. The molecule has 4 unspecified atom stereocenters. The van der Waals surface area contributed by atoms with Crippen LogP contribution in [0.25, 0.3) is 0 Å². The van der Waals surface area contributed by atoms with Crippen LogP contribution in [0.2, 0.25) is 0 Å². The molecule has 0 aromatic rings. The van der Waals surface area contributed by atoms with Gasteiger partial charge in [0.15, 0.2) is 0 Å². The molecule has 0 saturated heterocycles. The Labute approximate surface area is 88.9 Å². The zero-order chi connectivity index (χ0) is 10.7. The number of aliphatic hydroxyl groups is 1. The van der Waals surface area contributed by atoms with Crippen molar-refractivity contribution in [3.63, 3.8) is 0 Å². The first-order chi connectivity index (χ1) is 6.54. The van der Waals surface area contributed by atoms with E-state index >= 15 is 0 Å². The smallest absolute Gasteiger partial charge is 0.0594 e. The fourth-order valence-electron chi connectivity index (χ4n) is 2.99. The normalized spacial score (nSPS) is 37.9. The average Bonchev–Trinajstić information content (AvgIpc) is 2.14. The van der Waals surface area contributed by atoms with Gasteiger partial charge in [-0.3, -0.25) is 0 Å². The monoisotopic (exact) mass is 198 g/mol. The fraction of sp³-hybridized carbons (Fsp3) is 1.00. The van der Waals surface area contributed by atoms with E-state index in [1.807, 2.05) is 0 Å². The number of rotatable bonds is 3. The molecule has 0 spiro atoms. The molecule has 1 saturated carbocycles. The van der Waals surface area contributed by atoms with Crippen LogP contribution in [0.3, 0.4) is 0 Å². The van der Waals surface area contributed by atoms with E-state index in [2.05, 4.69) is 27.7 Å². The van der Waals surface area contributed by atoms with Gasteiger partial charge in [-0.15, -0.1) is 0 Å². The predicted molar refractivity (Wildman–Crippen MR) is 61.1 cm³/mol. The molecule has 1 aliphatic rings. The molecule has 0 aliphatic heterocycles. The Balaban J connectivity index is 2.50. The third-order valence-electron chi connectivity index (χ3n) is 3.92. The molecule has 4 atom stereocenters. The maximum atomic E-state index is 10.2. The van der Waals surface area contributed by atoms with E-state index in [0.717, 1.165) is 18.3 Å². The molecule has 0 aromatic heterocycles. The molecular weight excluding hydrogens is 172 g/mol. The molecule has 0 heterocycles. The number of hydrogen-bond acceptors (Lipinski definition) is 1. The summed E-state index contributed by atoms with van der Waals surface area (Å²) in [5.74, 6) is 2.64. The van der Waals surface area contributed by atoms with Crippen LogP contribution < -0.4 is 0 Å². The highest BCUT2D eigenvalue weighted by atomic mass is 16.3. The minimum absolute atomic E-state index is 0.0646. The molecule has 0 amide bonds. The van der Waals surface area contributed by atoms with Gasteiger partial charge in [0.25, 0.3) is 0 Å². The fourth-order valence-corrected chi connectivity index (χ4v) is 2.99. The summed E-state index contributed by atoms with van der Waals surface area (Å²) in [4.78, 5) is 0. The molecule has 1 rings (SSSR count). The third kappa shape index (κ3) is 2.98. The van der Waals surface area contributed by atoms with Gasteiger partial charge < -0.3 is 5.11 Å². The Morgan fingerprint density at radius 2 is 1.64 bits per heavy atom. The molecule has 1 nitrogen and oxygen atoms in total. The Bertz CT molecular complexity index is 157.